The minimum absolute atomic E-state index is 0.0399. The smallest absolute Gasteiger partial charge is 0.363 e. The van der Waals surface area contributed by atoms with Crippen molar-refractivity contribution in [2.75, 3.05) is 7.11 Å². The molecule has 0 saturated heterocycles. The van der Waals surface area contributed by atoms with E-state index in [2.05, 4.69) is 4.99 Å². The second-order valence-corrected chi connectivity index (χ2v) is 6.51. The number of hydrogen-bond acceptors (Lipinski definition) is 6. The molecule has 31 heavy (non-hydrogen) atoms. The predicted molar refractivity (Wildman–Crippen MR) is 111 cm³/mol. The Morgan fingerprint density at radius 1 is 1.03 bits per heavy atom. The van der Waals surface area contributed by atoms with Crippen LogP contribution in [0.4, 0.5) is 4.39 Å². The maximum atomic E-state index is 13.4. The number of hydrogen-bond donors (Lipinski definition) is 0. The number of rotatable bonds is 5. The van der Waals surface area contributed by atoms with Gasteiger partial charge in [-0.15, -0.1) is 0 Å². The van der Waals surface area contributed by atoms with E-state index < -0.39 is 17.8 Å². The average Bonchev–Trinajstić information content (AvgIpc) is 3.15. The molecule has 154 valence electrons. The molecule has 3 aromatic carbocycles. The van der Waals surface area contributed by atoms with Crippen LogP contribution in [0.15, 0.2) is 83.5 Å². The summed E-state index contributed by atoms with van der Waals surface area (Å²) in [4.78, 5) is 28.6. The van der Waals surface area contributed by atoms with Crippen LogP contribution in [-0.4, -0.2) is 24.9 Å². The zero-order chi connectivity index (χ0) is 21.8. The van der Waals surface area contributed by atoms with E-state index in [1.54, 1.807) is 54.6 Å². The summed E-state index contributed by atoms with van der Waals surface area (Å²) in [6, 6.07) is 18.9. The van der Waals surface area contributed by atoms with Gasteiger partial charge in [-0.25, -0.2) is 19.0 Å². The van der Waals surface area contributed by atoms with Gasteiger partial charge < -0.3 is 14.2 Å². The monoisotopic (exact) mass is 417 g/mol. The number of halogens is 1. The number of esters is 2. The number of nitrogens with zero attached hydrogens (tertiary/aromatic N) is 1. The lowest BCUT2D eigenvalue weighted by Gasteiger charge is -2.08. The van der Waals surface area contributed by atoms with E-state index in [0.29, 0.717) is 28.2 Å². The fourth-order valence-corrected chi connectivity index (χ4v) is 2.92. The van der Waals surface area contributed by atoms with Crippen molar-refractivity contribution in [3.05, 3.63) is 101 Å². The van der Waals surface area contributed by atoms with E-state index in [4.69, 9.17) is 14.2 Å². The summed E-state index contributed by atoms with van der Waals surface area (Å²) < 4.78 is 29.1. The Kier molecular flexibility index (Phi) is 5.57. The Labute approximate surface area is 177 Å². The minimum atomic E-state index is -0.633. The van der Waals surface area contributed by atoms with E-state index in [1.165, 1.54) is 31.4 Å². The van der Waals surface area contributed by atoms with Gasteiger partial charge in [-0.05, 0) is 54.1 Å². The molecule has 1 aliphatic rings. The van der Waals surface area contributed by atoms with Crippen molar-refractivity contribution >= 4 is 23.9 Å². The molecular formula is C24H16FNO5. The van der Waals surface area contributed by atoms with Crippen LogP contribution in [-0.2, 0) is 9.53 Å². The Morgan fingerprint density at radius 2 is 1.81 bits per heavy atom. The zero-order valence-electron chi connectivity index (χ0n) is 16.4. The minimum Gasteiger partial charge on any atom is -0.496 e. The third-order valence-electron chi connectivity index (χ3n) is 4.41. The van der Waals surface area contributed by atoms with Gasteiger partial charge in [0.2, 0.25) is 5.90 Å². The van der Waals surface area contributed by atoms with Crippen LogP contribution in [0.2, 0.25) is 0 Å². The first-order valence-corrected chi connectivity index (χ1v) is 9.27. The standard InChI is InChI=1S/C24H16FNO5/c1-29-21-8-3-2-7-19(21)23(27)30-18-11-9-15(10-12-18)13-20-24(28)31-22(26-20)16-5-4-6-17(25)14-16/h2-14H,1H3/b20-13-. The van der Waals surface area contributed by atoms with Crippen LogP contribution in [0.1, 0.15) is 21.5 Å². The van der Waals surface area contributed by atoms with Gasteiger partial charge in [0.1, 0.15) is 22.9 Å². The van der Waals surface area contributed by atoms with Gasteiger partial charge in [-0.1, -0.05) is 30.3 Å². The maximum Gasteiger partial charge on any atom is 0.363 e. The molecule has 1 aliphatic heterocycles. The second-order valence-electron chi connectivity index (χ2n) is 6.51. The summed E-state index contributed by atoms with van der Waals surface area (Å²) in [5.74, 6) is -0.847. The topological polar surface area (TPSA) is 74.2 Å². The Bertz CT molecular complexity index is 1210. The largest absolute Gasteiger partial charge is 0.496 e. The molecule has 0 radical (unpaired) electrons. The van der Waals surface area contributed by atoms with Crippen molar-refractivity contribution in [3.8, 4) is 11.5 Å². The molecular weight excluding hydrogens is 401 g/mol. The highest BCUT2D eigenvalue weighted by molar-refractivity contribution is 6.12. The molecule has 0 bridgehead atoms. The number of carbonyl (C=O) groups is 2. The van der Waals surface area contributed by atoms with Crippen molar-refractivity contribution in [1.82, 2.24) is 0 Å². The van der Waals surface area contributed by atoms with Crippen LogP contribution in [0.3, 0.4) is 0 Å². The van der Waals surface area contributed by atoms with Crippen LogP contribution in [0, 0.1) is 5.82 Å². The first kappa shape index (κ1) is 20.0. The van der Waals surface area contributed by atoms with Gasteiger partial charge in [-0.2, -0.15) is 0 Å². The lowest BCUT2D eigenvalue weighted by Crippen LogP contribution is -2.09. The fourth-order valence-electron chi connectivity index (χ4n) is 2.92. The second kappa shape index (κ2) is 8.62. The van der Waals surface area contributed by atoms with E-state index in [1.807, 2.05) is 0 Å². The molecule has 4 rings (SSSR count). The van der Waals surface area contributed by atoms with E-state index in [9.17, 15) is 14.0 Å². The molecule has 6 nitrogen and oxygen atoms in total. The number of benzene rings is 3. The first-order valence-electron chi connectivity index (χ1n) is 9.27. The Balaban J connectivity index is 1.50. The van der Waals surface area contributed by atoms with Gasteiger partial charge in [-0.3, -0.25) is 0 Å². The highest BCUT2D eigenvalue weighted by Gasteiger charge is 2.24. The van der Waals surface area contributed by atoms with Gasteiger partial charge in [0.25, 0.3) is 0 Å². The summed E-state index contributed by atoms with van der Waals surface area (Å²) >= 11 is 0. The number of para-hydroxylation sites is 1. The molecule has 0 N–H and O–H groups in total. The number of aliphatic imine (C=N–C) groups is 1. The molecule has 0 spiro atoms. The summed E-state index contributed by atoms with van der Waals surface area (Å²) in [6.07, 6.45) is 1.53. The summed E-state index contributed by atoms with van der Waals surface area (Å²) in [5, 5.41) is 0. The van der Waals surface area contributed by atoms with E-state index in [0.717, 1.165) is 0 Å². The van der Waals surface area contributed by atoms with Crippen LogP contribution in [0.25, 0.3) is 6.08 Å². The van der Waals surface area contributed by atoms with Crippen LogP contribution >= 0.6 is 0 Å². The normalized spacial score (nSPS) is 14.2. The lowest BCUT2D eigenvalue weighted by molar-refractivity contribution is -0.129. The first-order chi connectivity index (χ1) is 15.0. The summed E-state index contributed by atoms with van der Waals surface area (Å²) in [7, 11) is 1.48. The summed E-state index contributed by atoms with van der Waals surface area (Å²) in [6.45, 7) is 0. The molecule has 3 aromatic rings. The Morgan fingerprint density at radius 3 is 2.55 bits per heavy atom. The molecule has 7 heteroatoms. The van der Waals surface area contributed by atoms with E-state index >= 15 is 0 Å². The molecule has 0 atom stereocenters. The van der Waals surface area contributed by atoms with Crippen molar-refractivity contribution < 1.29 is 28.2 Å². The fraction of sp³-hybridized carbons (Fsp3) is 0.0417. The Hall–Kier alpha value is -4.26. The lowest BCUT2D eigenvalue weighted by atomic mass is 10.2. The van der Waals surface area contributed by atoms with Crippen molar-refractivity contribution in [2.24, 2.45) is 4.99 Å². The average molecular weight is 417 g/mol. The van der Waals surface area contributed by atoms with Crippen LogP contribution < -0.4 is 9.47 Å². The highest BCUT2D eigenvalue weighted by atomic mass is 19.1. The molecule has 0 saturated carbocycles. The quantitative estimate of drug-likeness (QED) is 0.350. The number of carbonyl (C=O) groups excluding carboxylic acids is 2. The van der Waals surface area contributed by atoms with Crippen molar-refractivity contribution in [3.63, 3.8) is 0 Å². The van der Waals surface area contributed by atoms with Crippen molar-refractivity contribution in [2.45, 2.75) is 0 Å². The highest BCUT2D eigenvalue weighted by Crippen LogP contribution is 2.23. The molecule has 0 aromatic heterocycles. The molecule has 0 amide bonds. The molecule has 0 unspecified atom stereocenters. The van der Waals surface area contributed by atoms with Gasteiger partial charge >= 0.3 is 11.9 Å². The third-order valence-corrected chi connectivity index (χ3v) is 4.41. The van der Waals surface area contributed by atoms with Gasteiger partial charge in [0.05, 0.1) is 7.11 Å². The van der Waals surface area contributed by atoms with Gasteiger partial charge in [0.15, 0.2) is 5.70 Å². The van der Waals surface area contributed by atoms with Crippen molar-refractivity contribution in [1.29, 1.82) is 0 Å². The SMILES string of the molecule is COc1ccccc1C(=O)Oc1ccc(/C=C2\N=C(c3cccc(F)c3)OC2=O)cc1. The van der Waals surface area contributed by atoms with E-state index in [-0.39, 0.29) is 11.6 Å². The number of cyclic esters (lactones) is 1. The number of methoxy groups -OCH3 is 1. The number of ether oxygens (including phenoxy) is 3. The maximum absolute atomic E-state index is 13.4. The molecule has 1 heterocycles. The predicted octanol–water partition coefficient (Wildman–Crippen LogP) is 4.40. The summed E-state index contributed by atoms with van der Waals surface area (Å²) in [5.41, 5.74) is 1.41. The van der Waals surface area contributed by atoms with Gasteiger partial charge in [0, 0.05) is 5.56 Å². The third kappa shape index (κ3) is 4.51. The van der Waals surface area contributed by atoms with Crippen LogP contribution in [0.5, 0.6) is 11.5 Å². The molecule has 0 fully saturated rings. The zero-order valence-corrected chi connectivity index (χ0v) is 16.4. The molecule has 0 aliphatic carbocycles.